The van der Waals surface area contributed by atoms with E-state index in [1.54, 1.807) is 14.2 Å². The smallest absolute Gasteiger partial charge is 0.142 e. The topological polar surface area (TPSA) is 82.3 Å². The van der Waals surface area contributed by atoms with Gasteiger partial charge in [-0.1, -0.05) is 0 Å². The van der Waals surface area contributed by atoms with Crippen molar-refractivity contribution in [2.45, 2.75) is 6.92 Å². The number of benzene rings is 1. The van der Waals surface area contributed by atoms with Gasteiger partial charge in [0.2, 0.25) is 0 Å². The molecule has 0 unspecified atom stereocenters. The largest absolute Gasteiger partial charge is 0.497 e. The Morgan fingerprint density at radius 1 is 1.16 bits per heavy atom. The van der Waals surface area contributed by atoms with Gasteiger partial charge in [0.25, 0.3) is 0 Å². The molecule has 3 N–H and O–H groups in total. The maximum Gasteiger partial charge on any atom is 0.142 e. The molecule has 1 aromatic heterocycles. The van der Waals surface area contributed by atoms with E-state index < -0.39 is 0 Å². The van der Waals surface area contributed by atoms with Crippen LogP contribution >= 0.6 is 0 Å². The van der Waals surface area contributed by atoms with Crippen molar-refractivity contribution in [3.8, 4) is 11.5 Å². The Hall–Kier alpha value is -2.50. The third-order valence-electron chi connectivity index (χ3n) is 2.78. The molecule has 0 saturated carbocycles. The summed E-state index contributed by atoms with van der Waals surface area (Å²) in [5, 5.41) is 3.17. The summed E-state index contributed by atoms with van der Waals surface area (Å²) < 4.78 is 10.5. The minimum atomic E-state index is 0.444. The van der Waals surface area contributed by atoms with E-state index in [4.69, 9.17) is 15.2 Å². The van der Waals surface area contributed by atoms with Crippen LogP contribution in [0.15, 0.2) is 24.5 Å². The van der Waals surface area contributed by atoms with Crippen molar-refractivity contribution in [3.63, 3.8) is 0 Å². The van der Waals surface area contributed by atoms with Crippen molar-refractivity contribution < 1.29 is 9.47 Å². The highest BCUT2D eigenvalue weighted by Gasteiger charge is 2.09. The second-order valence-corrected chi connectivity index (χ2v) is 3.92. The monoisotopic (exact) mass is 260 g/mol. The minimum Gasteiger partial charge on any atom is -0.497 e. The molecule has 0 saturated heterocycles. The zero-order valence-corrected chi connectivity index (χ0v) is 11.1. The maximum absolute atomic E-state index is 5.75. The molecule has 0 atom stereocenters. The maximum atomic E-state index is 5.75. The summed E-state index contributed by atoms with van der Waals surface area (Å²) in [4.78, 5) is 8.09. The number of nitrogens with one attached hydrogen (secondary N) is 1. The molecule has 2 rings (SSSR count). The number of nitrogens with two attached hydrogens (primary N) is 1. The van der Waals surface area contributed by atoms with Crippen LogP contribution in [0.1, 0.15) is 5.56 Å². The van der Waals surface area contributed by atoms with E-state index >= 15 is 0 Å². The number of rotatable bonds is 4. The Morgan fingerprint density at radius 3 is 2.63 bits per heavy atom. The molecular formula is C13H16N4O2. The number of nitrogens with zero attached hydrogens (tertiary/aromatic N) is 2. The molecule has 19 heavy (non-hydrogen) atoms. The first-order valence-corrected chi connectivity index (χ1v) is 5.72. The van der Waals surface area contributed by atoms with Gasteiger partial charge in [0.1, 0.15) is 29.5 Å². The van der Waals surface area contributed by atoms with E-state index in [0.29, 0.717) is 17.4 Å². The third kappa shape index (κ3) is 2.67. The van der Waals surface area contributed by atoms with Gasteiger partial charge in [-0.2, -0.15) is 0 Å². The molecule has 100 valence electrons. The fourth-order valence-corrected chi connectivity index (χ4v) is 1.63. The van der Waals surface area contributed by atoms with E-state index in [-0.39, 0.29) is 0 Å². The zero-order chi connectivity index (χ0) is 13.8. The van der Waals surface area contributed by atoms with Crippen LogP contribution in [0.2, 0.25) is 0 Å². The molecule has 0 aliphatic rings. The molecule has 6 nitrogen and oxygen atoms in total. The number of hydrogen-bond acceptors (Lipinski definition) is 6. The molecule has 0 aliphatic heterocycles. The molecule has 0 amide bonds. The van der Waals surface area contributed by atoms with Crippen LogP contribution in [-0.2, 0) is 0 Å². The highest BCUT2D eigenvalue weighted by atomic mass is 16.5. The molecular weight excluding hydrogens is 244 g/mol. The number of nitrogen functional groups attached to an aromatic ring is 1. The van der Waals surface area contributed by atoms with Gasteiger partial charge in [0, 0.05) is 11.6 Å². The summed E-state index contributed by atoms with van der Waals surface area (Å²) in [6, 6.07) is 5.48. The Morgan fingerprint density at radius 2 is 1.95 bits per heavy atom. The molecule has 6 heteroatoms. The van der Waals surface area contributed by atoms with Crippen LogP contribution in [-0.4, -0.2) is 24.2 Å². The molecule has 0 bridgehead atoms. The lowest BCUT2D eigenvalue weighted by Gasteiger charge is -2.13. The SMILES string of the molecule is COc1ccc(OC)c(Nc2ncnc(N)c2C)c1. The normalized spacial score (nSPS) is 10.1. The van der Waals surface area contributed by atoms with Crippen LogP contribution in [0.25, 0.3) is 0 Å². The van der Waals surface area contributed by atoms with Gasteiger partial charge in [0.05, 0.1) is 19.9 Å². The van der Waals surface area contributed by atoms with Gasteiger partial charge < -0.3 is 20.5 Å². The van der Waals surface area contributed by atoms with Gasteiger partial charge in [-0.3, -0.25) is 0 Å². The van der Waals surface area contributed by atoms with Gasteiger partial charge in [-0.25, -0.2) is 9.97 Å². The van der Waals surface area contributed by atoms with Crippen molar-refractivity contribution in [3.05, 3.63) is 30.1 Å². The second-order valence-electron chi connectivity index (χ2n) is 3.92. The number of hydrogen-bond donors (Lipinski definition) is 2. The molecule has 0 radical (unpaired) electrons. The van der Waals surface area contributed by atoms with Gasteiger partial charge >= 0.3 is 0 Å². The molecule has 0 aliphatic carbocycles. The van der Waals surface area contributed by atoms with Crippen molar-refractivity contribution in [1.29, 1.82) is 0 Å². The first-order chi connectivity index (χ1) is 9.15. The number of ether oxygens (including phenoxy) is 2. The first kappa shape index (κ1) is 12.9. The van der Waals surface area contributed by atoms with Crippen molar-refractivity contribution in [1.82, 2.24) is 9.97 Å². The predicted molar refractivity (Wildman–Crippen MR) is 74.0 cm³/mol. The van der Waals surface area contributed by atoms with E-state index in [0.717, 1.165) is 17.0 Å². The average Bonchev–Trinajstić information content (AvgIpc) is 2.43. The number of anilines is 3. The quantitative estimate of drug-likeness (QED) is 0.876. The number of aromatic nitrogens is 2. The molecule has 2 aromatic rings. The van der Waals surface area contributed by atoms with Gasteiger partial charge in [0.15, 0.2) is 0 Å². The lowest BCUT2D eigenvalue weighted by atomic mass is 10.2. The number of methoxy groups -OCH3 is 2. The van der Waals surface area contributed by atoms with E-state index in [1.807, 2.05) is 25.1 Å². The van der Waals surface area contributed by atoms with Crippen LogP contribution < -0.4 is 20.5 Å². The highest BCUT2D eigenvalue weighted by molar-refractivity contribution is 5.69. The standard InChI is InChI=1S/C13H16N4O2/c1-8-12(14)15-7-16-13(8)17-10-6-9(18-2)4-5-11(10)19-3/h4-7H,1-3H3,(H3,14,15,16,17). The third-order valence-corrected chi connectivity index (χ3v) is 2.78. The van der Waals surface area contributed by atoms with Crippen LogP contribution in [0.4, 0.5) is 17.3 Å². The van der Waals surface area contributed by atoms with Crippen LogP contribution in [0, 0.1) is 6.92 Å². The Balaban J connectivity index is 2.39. The van der Waals surface area contributed by atoms with Crippen LogP contribution in [0.3, 0.4) is 0 Å². The summed E-state index contributed by atoms with van der Waals surface area (Å²) in [5.41, 5.74) is 7.29. The fourth-order valence-electron chi connectivity index (χ4n) is 1.63. The van der Waals surface area contributed by atoms with Crippen molar-refractivity contribution in [2.24, 2.45) is 0 Å². The summed E-state index contributed by atoms with van der Waals surface area (Å²) in [5.74, 6) is 2.50. The summed E-state index contributed by atoms with van der Waals surface area (Å²) in [7, 11) is 3.22. The molecule has 0 spiro atoms. The summed E-state index contributed by atoms with van der Waals surface area (Å²) in [6.07, 6.45) is 1.41. The Kier molecular flexibility index (Phi) is 3.70. The van der Waals surface area contributed by atoms with Gasteiger partial charge in [-0.15, -0.1) is 0 Å². The highest BCUT2D eigenvalue weighted by Crippen LogP contribution is 2.32. The van der Waals surface area contributed by atoms with E-state index in [1.165, 1.54) is 6.33 Å². The molecule has 1 heterocycles. The first-order valence-electron chi connectivity index (χ1n) is 5.72. The summed E-state index contributed by atoms with van der Waals surface area (Å²) in [6.45, 7) is 1.85. The van der Waals surface area contributed by atoms with Crippen LogP contribution in [0.5, 0.6) is 11.5 Å². The van der Waals surface area contributed by atoms with E-state index in [2.05, 4.69) is 15.3 Å². The molecule has 1 aromatic carbocycles. The predicted octanol–water partition coefficient (Wildman–Crippen LogP) is 2.13. The average molecular weight is 260 g/mol. The minimum absolute atomic E-state index is 0.444. The van der Waals surface area contributed by atoms with Gasteiger partial charge in [-0.05, 0) is 19.1 Å². The van der Waals surface area contributed by atoms with Crippen molar-refractivity contribution >= 4 is 17.3 Å². The van der Waals surface area contributed by atoms with Crippen molar-refractivity contribution in [2.75, 3.05) is 25.3 Å². The fraction of sp³-hybridized carbons (Fsp3) is 0.231. The lowest BCUT2D eigenvalue weighted by molar-refractivity contribution is 0.405. The zero-order valence-electron chi connectivity index (χ0n) is 11.1. The molecule has 0 fully saturated rings. The summed E-state index contributed by atoms with van der Waals surface area (Å²) >= 11 is 0. The Labute approximate surface area is 111 Å². The second kappa shape index (κ2) is 5.43. The Bertz CT molecular complexity index is 587. The van der Waals surface area contributed by atoms with E-state index in [9.17, 15) is 0 Å². The lowest BCUT2D eigenvalue weighted by Crippen LogP contribution is -2.03.